The van der Waals surface area contributed by atoms with E-state index >= 15 is 0 Å². The number of nitrogens with zero attached hydrogens (tertiary/aromatic N) is 1. The topological polar surface area (TPSA) is 80.4 Å². The number of hydrogen-bond acceptors (Lipinski definition) is 3. The van der Waals surface area contributed by atoms with Gasteiger partial charge < -0.3 is 5.11 Å². The maximum absolute atomic E-state index is 11.0. The lowest BCUT2D eigenvalue weighted by molar-refractivity contribution is -0.385. The summed E-state index contributed by atoms with van der Waals surface area (Å²) in [5, 5.41) is 19.6. The van der Waals surface area contributed by atoms with Crippen molar-refractivity contribution in [2.24, 2.45) is 0 Å². The monoisotopic (exact) mass is 223 g/mol. The van der Waals surface area contributed by atoms with E-state index in [0.29, 0.717) is 11.1 Å². The summed E-state index contributed by atoms with van der Waals surface area (Å²) in [7, 11) is 0. The van der Waals surface area contributed by atoms with Crippen LogP contribution >= 0.6 is 0 Å². The average Bonchev–Trinajstić information content (AvgIpc) is 2.16. The van der Waals surface area contributed by atoms with Gasteiger partial charge >= 0.3 is 5.97 Å². The summed E-state index contributed by atoms with van der Waals surface area (Å²) >= 11 is 0. The second-order valence-electron chi connectivity index (χ2n) is 4.19. The first kappa shape index (κ1) is 12.2. The molecule has 0 aromatic heterocycles. The fourth-order valence-corrected chi connectivity index (χ4v) is 1.37. The summed E-state index contributed by atoms with van der Waals surface area (Å²) in [6, 6.07) is 4.38. The summed E-state index contributed by atoms with van der Waals surface area (Å²) in [4.78, 5) is 21.1. The van der Waals surface area contributed by atoms with Crippen molar-refractivity contribution >= 4 is 11.7 Å². The van der Waals surface area contributed by atoms with Crippen molar-refractivity contribution in [2.75, 3.05) is 0 Å². The minimum absolute atomic E-state index is 0.00457. The minimum atomic E-state index is -1.04. The molecule has 0 atom stereocenters. The molecule has 5 heteroatoms. The molecule has 0 bridgehead atoms. The van der Waals surface area contributed by atoms with Crippen molar-refractivity contribution in [1.29, 1.82) is 0 Å². The van der Waals surface area contributed by atoms with Gasteiger partial charge in [0.05, 0.1) is 10.3 Å². The SMILES string of the molecule is Cc1cc(C(C)(C)C(=O)O)ccc1[N+](=O)[O-]. The minimum Gasteiger partial charge on any atom is -0.481 e. The van der Waals surface area contributed by atoms with Gasteiger partial charge in [0.25, 0.3) is 5.69 Å². The number of hydrogen-bond donors (Lipinski definition) is 1. The molecule has 0 fully saturated rings. The number of benzene rings is 1. The molecule has 5 nitrogen and oxygen atoms in total. The Morgan fingerprint density at radius 3 is 2.38 bits per heavy atom. The summed E-state index contributed by atoms with van der Waals surface area (Å²) in [5.74, 6) is -0.958. The molecule has 0 heterocycles. The number of nitro groups is 1. The zero-order chi connectivity index (χ0) is 12.5. The lowest BCUT2D eigenvalue weighted by Crippen LogP contribution is -2.28. The largest absolute Gasteiger partial charge is 0.481 e. The molecule has 1 rings (SSSR count). The molecule has 0 amide bonds. The molecular formula is C11H13NO4. The zero-order valence-corrected chi connectivity index (χ0v) is 9.35. The van der Waals surface area contributed by atoms with Crippen molar-refractivity contribution in [3.8, 4) is 0 Å². The molecular weight excluding hydrogens is 210 g/mol. The van der Waals surface area contributed by atoms with E-state index in [2.05, 4.69) is 0 Å². The summed E-state index contributed by atoms with van der Waals surface area (Å²) in [5.41, 5.74) is -0.00950. The lowest BCUT2D eigenvalue weighted by atomic mass is 9.84. The van der Waals surface area contributed by atoms with Crippen molar-refractivity contribution < 1.29 is 14.8 Å². The number of aliphatic carboxylic acids is 1. The highest BCUT2D eigenvalue weighted by Crippen LogP contribution is 2.28. The third kappa shape index (κ3) is 2.03. The molecule has 1 aromatic carbocycles. The van der Waals surface area contributed by atoms with E-state index in [9.17, 15) is 14.9 Å². The van der Waals surface area contributed by atoms with Crippen LogP contribution in [0.25, 0.3) is 0 Å². The number of aryl methyl sites for hydroxylation is 1. The van der Waals surface area contributed by atoms with Gasteiger partial charge in [0.1, 0.15) is 0 Å². The van der Waals surface area contributed by atoms with Gasteiger partial charge in [-0.2, -0.15) is 0 Å². The van der Waals surface area contributed by atoms with Gasteiger partial charge in [0.15, 0.2) is 0 Å². The molecule has 0 spiro atoms. The van der Waals surface area contributed by atoms with Gasteiger partial charge in [0.2, 0.25) is 0 Å². The van der Waals surface area contributed by atoms with E-state index in [0.717, 1.165) is 0 Å². The van der Waals surface area contributed by atoms with Gasteiger partial charge in [-0.3, -0.25) is 14.9 Å². The smallest absolute Gasteiger partial charge is 0.313 e. The third-order valence-electron chi connectivity index (χ3n) is 2.65. The third-order valence-corrected chi connectivity index (χ3v) is 2.65. The second-order valence-corrected chi connectivity index (χ2v) is 4.19. The Bertz CT molecular complexity index is 451. The highest BCUT2D eigenvalue weighted by Gasteiger charge is 2.30. The normalized spacial score (nSPS) is 11.2. The highest BCUT2D eigenvalue weighted by atomic mass is 16.6. The molecule has 0 aliphatic carbocycles. The molecule has 0 unspecified atom stereocenters. The van der Waals surface area contributed by atoms with Crippen LogP contribution in [0.3, 0.4) is 0 Å². The van der Waals surface area contributed by atoms with Gasteiger partial charge in [0, 0.05) is 11.6 Å². The van der Waals surface area contributed by atoms with Crippen LogP contribution in [0.15, 0.2) is 18.2 Å². The van der Waals surface area contributed by atoms with Crippen LogP contribution in [-0.4, -0.2) is 16.0 Å². The second kappa shape index (κ2) is 3.92. The molecule has 0 saturated carbocycles. The van der Waals surface area contributed by atoms with Gasteiger partial charge in [-0.25, -0.2) is 0 Å². The molecule has 0 aliphatic rings. The van der Waals surface area contributed by atoms with Gasteiger partial charge in [-0.1, -0.05) is 6.07 Å². The molecule has 1 aromatic rings. The maximum atomic E-state index is 11.0. The van der Waals surface area contributed by atoms with Crippen LogP contribution in [0.1, 0.15) is 25.0 Å². The van der Waals surface area contributed by atoms with Crippen LogP contribution in [0.2, 0.25) is 0 Å². The van der Waals surface area contributed by atoms with Crippen LogP contribution in [0.5, 0.6) is 0 Å². The van der Waals surface area contributed by atoms with Gasteiger partial charge in [-0.15, -0.1) is 0 Å². The van der Waals surface area contributed by atoms with Crippen LogP contribution in [0, 0.1) is 17.0 Å². The lowest BCUT2D eigenvalue weighted by Gasteiger charge is -2.19. The summed E-state index contributed by atoms with van der Waals surface area (Å²) < 4.78 is 0. The van der Waals surface area contributed by atoms with Crippen molar-refractivity contribution in [2.45, 2.75) is 26.2 Å². The average molecular weight is 223 g/mol. The molecule has 0 radical (unpaired) electrons. The molecule has 0 saturated heterocycles. The fraction of sp³-hybridized carbons (Fsp3) is 0.364. The van der Waals surface area contributed by atoms with E-state index in [1.165, 1.54) is 12.1 Å². The van der Waals surface area contributed by atoms with Crippen molar-refractivity contribution in [3.05, 3.63) is 39.4 Å². The van der Waals surface area contributed by atoms with Crippen LogP contribution in [0.4, 0.5) is 5.69 Å². The highest BCUT2D eigenvalue weighted by molar-refractivity contribution is 5.80. The van der Waals surface area contributed by atoms with Gasteiger partial charge in [-0.05, 0) is 32.4 Å². The molecule has 86 valence electrons. The quantitative estimate of drug-likeness (QED) is 0.629. The number of rotatable bonds is 3. The number of carboxylic acids is 1. The predicted molar refractivity (Wildman–Crippen MR) is 58.5 cm³/mol. The Labute approximate surface area is 92.9 Å². The van der Waals surface area contributed by atoms with E-state index in [1.54, 1.807) is 26.8 Å². The Morgan fingerprint density at radius 2 is 2.00 bits per heavy atom. The van der Waals surface area contributed by atoms with E-state index in [1.807, 2.05) is 0 Å². The molecule has 0 aliphatic heterocycles. The van der Waals surface area contributed by atoms with E-state index < -0.39 is 16.3 Å². The van der Waals surface area contributed by atoms with Crippen molar-refractivity contribution in [3.63, 3.8) is 0 Å². The van der Waals surface area contributed by atoms with E-state index in [4.69, 9.17) is 5.11 Å². The van der Waals surface area contributed by atoms with Crippen molar-refractivity contribution in [1.82, 2.24) is 0 Å². The first-order chi connectivity index (χ1) is 7.26. The Hall–Kier alpha value is -1.91. The summed E-state index contributed by atoms with van der Waals surface area (Å²) in [6.07, 6.45) is 0. The molecule has 1 N–H and O–H groups in total. The van der Waals surface area contributed by atoms with Crippen LogP contribution < -0.4 is 0 Å². The predicted octanol–water partition coefficient (Wildman–Crippen LogP) is 2.27. The Kier molecular flexibility index (Phi) is 2.98. The number of nitro benzene ring substituents is 1. The summed E-state index contributed by atoms with van der Waals surface area (Å²) in [6.45, 7) is 4.73. The zero-order valence-electron chi connectivity index (χ0n) is 9.35. The maximum Gasteiger partial charge on any atom is 0.313 e. The standard InChI is InChI=1S/C11H13NO4/c1-7-6-8(11(2,3)10(13)14)4-5-9(7)12(15)16/h4-6H,1-3H3,(H,13,14). The van der Waals surface area contributed by atoms with E-state index in [-0.39, 0.29) is 5.69 Å². The Morgan fingerprint density at radius 1 is 1.44 bits per heavy atom. The molecule has 16 heavy (non-hydrogen) atoms. The fourth-order valence-electron chi connectivity index (χ4n) is 1.37. The number of carbonyl (C=O) groups is 1. The first-order valence-electron chi connectivity index (χ1n) is 4.75. The van der Waals surface area contributed by atoms with Crippen LogP contribution in [-0.2, 0) is 10.2 Å². The Balaban J connectivity index is 3.26. The first-order valence-corrected chi connectivity index (χ1v) is 4.75. The number of carboxylic acid groups (broad SMARTS) is 1.